The summed E-state index contributed by atoms with van der Waals surface area (Å²) in [6.07, 6.45) is 2.32. The van der Waals surface area contributed by atoms with Gasteiger partial charge < -0.3 is 9.84 Å². The van der Waals surface area contributed by atoms with Crippen LogP contribution in [-0.4, -0.2) is 17.2 Å². The molecule has 2 rings (SSSR count). The zero-order valence-electron chi connectivity index (χ0n) is 10.5. The number of hydrogen-bond acceptors (Lipinski definition) is 3. The Labute approximate surface area is 109 Å². The molecule has 3 nitrogen and oxygen atoms in total. The molecule has 5 heteroatoms. The maximum Gasteiger partial charge on any atom is 0.141 e. The second-order valence-electron chi connectivity index (χ2n) is 4.31. The van der Waals surface area contributed by atoms with Crippen LogP contribution in [0.1, 0.15) is 18.1 Å². The quantitative estimate of drug-likeness (QED) is 0.927. The lowest BCUT2D eigenvalue weighted by Crippen LogP contribution is -2.24. The van der Waals surface area contributed by atoms with E-state index in [0.717, 1.165) is 18.3 Å². The summed E-state index contributed by atoms with van der Waals surface area (Å²) in [5.74, 6) is -0.880. The zero-order valence-corrected chi connectivity index (χ0v) is 10.5. The minimum Gasteiger partial charge on any atom is -0.497 e. The predicted octanol–water partition coefficient (Wildman–Crippen LogP) is 2.62. The molecule has 2 aromatic rings. The molecular formula is C14H13F2NO2. The number of ether oxygens (including phenoxy) is 1. The van der Waals surface area contributed by atoms with Crippen molar-refractivity contribution >= 4 is 0 Å². The van der Waals surface area contributed by atoms with E-state index >= 15 is 0 Å². The molecule has 0 amide bonds. The lowest BCUT2D eigenvalue weighted by atomic mass is 9.89. The van der Waals surface area contributed by atoms with Gasteiger partial charge >= 0.3 is 0 Å². The van der Waals surface area contributed by atoms with E-state index in [1.165, 1.54) is 32.4 Å². The van der Waals surface area contributed by atoms with Crippen LogP contribution in [0.4, 0.5) is 8.78 Å². The zero-order chi connectivity index (χ0) is 14.0. The second kappa shape index (κ2) is 4.93. The minimum absolute atomic E-state index is 0.0284. The van der Waals surface area contributed by atoms with Crippen LogP contribution in [0.2, 0.25) is 0 Å². The first-order chi connectivity index (χ1) is 8.95. The Kier molecular flexibility index (Phi) is 3.48. The highest BCUT2D eigenvalue weighted by molar-refractivity contribution is 5.38. The van der Waals surface area contributed by atoms with Gasteiger partial charge in [-0.25, -0.2) is 8.78 Å². The van der Waals surface area contributed by atoms with Crippen molar-refractivity contribution in [3.05, 3.63) is 59.4 Å². The Morgan fingerprint density at radius 3 is 2.53 bits per heavy atom. The Morgan fingerprint density at radius 1 is 1.21 bits per heavy atom. The summed E-state index contributed by atoms with van der Waals surface area (Å²) in [5.41, 5.74) is -1.47. The van der Waals surface area contributed by atoms with E-state index in [9.17, 15) is 13.9 Å². The molecular weight excluding hydrogens is 252 g/mol. The molecule has 0 saturated heterocycles. The Hall–Kier alpha value is -2.01. The maximum atomic E-state index is 14.0. The van der Waals surface area contributed by atoms with E-state index in [4.69, 9.17) is 4.74 Å². The molecule has 0 radical (unpaired) electrons. The number of halogens is 2. The number of methoxy groups -OCH3 is 1. The lowest BCUT2D eigenvalue weighted by molar-refractivity contribution is 0.0970. The van der Waals surface area contributed by atoms with Crippen molar-refractivity contribution in [2.24, 2.45) is 0 Å². The first kappa shape index (κ1) is 13.4. The molecule has 0 aliphatic heterocycles. The van der Waals surface area contributed by atoms with Crippen molar-refractivity contribution < 1.29 is 18.6 Å². The summed E-state index contributed by atoms with van der Waals surface area (Å²) >= 11 is 0. The van der Waals surface area contributed by atoms with Crippen molar-refractivity contribution in [1.82, 2.24) is 4.98 Å². The van der Waals surface area contributed by atoms with Crippen LogP contribution >= 0.6 is 0 Å². The van der Waals surface area contributed by atoms with Crippen LogP contribution in [0.3, 0.4) is 0 Å². The molecule has 0 spiro atoms. The van der Waals surface area contributed by atoms with Gasteiger partial charge in [0.15, 0.2) is 0 Å². The smallest absolute Gasteiger partial charge is 0.141 e. The summed E-state index contributed by atoms with van der Waals surface area (Å²) < 4.78 is 32.0. The topological polar surface area (TPSA) is 42.4 Å². The molecule has 19 heavy (non-hydrogen) atoms. The summed E-state index contributed by atoms with van der Waals surface area (Å²) in [6.45, 7) is 1.38. The molecule has 1 heterocycles. The molecule has 1 atom stereocenters. The molecule has 0 aliphatic rings. The van der Waals surface area contributed by atoms with Gasteiger partial charge in [0.05, 0.1) is 13.3 Å². The summed E-state index contributed by atoms with van der Waals surface area (Å²) in [7, 11) is 1.42. The third kappa shape index (κ3) is 2.56. The third-order valence-electron chi connectivity index (χ3n) is 2.97. The van der Waals surface area contributed by atoms with Crippen LogP contribution in [0, 0.1) is 11.6 Å². The highest BCUT2D eigenvalue weighted by Gasteiger charge is 2.29. The predicted molar refractivity (Wildman–Crippen MR) is 65.8 cm³/mol. The van der Waals surface area contributed by atoms with Gasteiger partial charge in [0.2, 0.25) is 0 Å². The molecule has 0 bridgehead atoms. The normalized spacial score (nSPS) is 13.9. The van der Waals surface area contributed by atoms with E-state index in [1.54, 1.807) is 0 Å². The van der Waals surface area contributed by atoms with E-state index in [1.807, 2.05) is 0 Å². The SMILES string of the molecule is COc1ccc(C(C)(O)c2cncc(F)c2)c(F)c1. The average molecular weight is 265 g/mol. The fourth-order valence-electron chi connectivity index (χ4n) is 1.85. The van der Waals surface area contributed by atoms with Crippen molar-refractivity contribution in [1.29, 1.82) is 0 Å². The highest BCUT2D eigenvalue weighted by atomic mass is 19.1. The van der Waals surface area contributed by atoms with E-state index in [2.05, 4.69) is 4.98 Å². The standard InChI is InChI=1S/C14H13F2NO2/c1-14(18,9-5-10(15)8-17-7-9)12-4-3-11(19-2)6-13(12)16/h3-8,18H,1-2H3. The van der Waals surface area contributed by atoms with Crippen molar-refractivity contribution in [3.8, 4) is 5.75 Å². The number of hydrogen-bond donors (Lipinski definition) is 1. The van der Waals surface area contributed by atoms with Gasteiger partial charge in [-0.2, -0.15) is 0 Å². The number of nitrogens with zero attached hydrogens (tertiary/aromatic N) is 1. The molecule has 1 aromatic carbocycles. The van der Waals surface area contributed by atoms with E-state index in [0.29, 0.717) is 5.75 Å². The summed E-state index contributed by atoms with van der Waals surface area (Å²) in [6, 6.07) is 5.21. The van der Waals surface area contributed by atoms with Gasteiger partial charge in [0, 0.05) is 23.4 Å². The first-order valence-corrected chi connectivity index (χ1v) is 5.62. The minimum atomic E-state index is -1.68. The van der Waals surface area contributed by atoms with E-state index < -0.39 is 17.2 Å². The highest BCUT2D eigenvalue weighted by Crippen LogP contribution is 2.32. The number of rotatable bonds is 3. The summed E-state index contributed by atoms with van der Waals surface area (Å²) in [5, 5.41) is 10.4. The molecule has 100 valence electrons. The monoisotopic (exact) mass is 265 g/mol. The van der Waals surface area contributed by atoms with Crippen molar-refractivity contribution in [2.75, 3.05) is 7.11 Å². The molecule has 0 fully saturated rings. The van der Waals surface area contributed by atoms with Crippen LogP contribution in [0.5, 0.6) is 5.75 Å². The van der Waals surface area contributed by atoms with Gasteiger partial charge in [-0.3, -0.25) is 4.98 Å². The van der Waals surface area contributed by atoms with Crippen LogP contribution in [0.25, 0.3) is 0 Å². The van der Waals surface area contributed by atoms with Crippen LogP contribution < -0.4 is 4.74 Å². The van der Waals surface area contributed by atoms with Gasteiger partial charge in [-0.15, -0.1) is 0 Å². The fraction of sp³-hybridized carbons (Fsp3) is 0.214. The number of benzene rings is 1. The first-order valence-electron chi connectivity index (χ1n) is 5.62. The molecule has 1 aromatic heterocycles. The fourth-order valence-corrected chi connectivity index (χ4v) is 1.85. The molecule has 1 unspecified atom stereocenters. The number of aromatic nitrogens is 1. The molecule has 1 N–H and O–H groups in total. The average Bonchev–Trinajstić information content (AvgIpc) is 2.38. The van der Waals surface area contributed by atoms with Gasteiger partial charge in [-0.05, 0) is 25.1 Å². The van der Waals surface area contributed by atoms with Crippen molar-refractivity contribution in [2.45, 2.75) is 12.5 Å². The number of aliphatic hydroxyl groups is 1. The lowest BCUT2D eigenvalue weighted by Gasteiger charge is -2.24. The van der Waals surface area contributed by atoms with Gasteiger partial charge in [-0.1, -0.05) is 0 Å². The Balaban J connectivity index is 2.50. The maximum absolute atomic E-state index is 14.0. The summed E-state index contributed by atoms with van der Waals surface area (Å²) in [4.78, 5) is 3.66. The van der Waals surface area contributed by atoms with Crippen LogP contribution in [-0.2, 0) is 5.60 Å². The Morgan fingerprint density at radius 2 is 1.95 bits per heavy atom. The van der Waals surface area contributed by atoms with Crippen molar-refractivity contribution in [3.63, 3.8) is 0 Å². The van der Waals surface area contributed by atoms with Gasteiger partial charge in [0.25, 0.3) is 0 Å². The van der Waals surface area contributed by atoms with Gasteiger partial charge in [0.1, 0.15) is 23.0 Å². The van der Waals surface area contributed by atoms with E-state index in [-0.39, 0.29) is 11.1 Å². The Bertz CT molecular complexity index is 600. The molecule has 0 aliphatic carbocycles. The third-order valence-corrected chi connectivity index (χ3v) is 2.97. The second-order valence-corrected chi connectivity index (χ2v) is 4.31. The number of pyridine rings is 1. The van der Waals surface area contributed by atoms with Crippen LogP contribution in [0.15, 0.2) is 36.7 Å². The molecule has 0 saturated carbocycles. The largest absolute Gasteiger partial charge is 0.497 e.